The molecule has 1 aliphatic rings. The predicted molar refractivity (Wildman–Crippen MR) is 109 cm³/mol. The van der Waals surface area contributed by atoms with Crippen molar-refractivity contribution < 1.29 is 21.8 Å². The van der Waals surface area contributed by atoms with E-state index in [0.717, 1.165) is 16.9 Å². The molecule has 1 unspecified atom stereocenters. The quantitative estimate of drug-likeness (QED) is 0.541. The Bertz CT molecular complexity index is 1190. The van der Waals surface area contributed by atoms with Gasteiger partial charge in [-0.15, -0.1) is 0 Å². The number of benzene rings is 2. The van der Waals surface area contributed by atoms with Gasteiger partial charge in [-0.2, -0.15) is 9.52 Å². The summed E-state index contributed by atoms with van der Waals surface area (Å²) in [4.78, 5) is 10.5. The summed E-state index contributed by atoms with van der Waals surface area (Å²) in [5.74, 6) is 0. The van der Waals surface area contributed by atoms with Crippen molar-refractivity contribution in [2.45, 2.75) is 12.5 Å². The summed E-state index contributed by atoms with van der Waals surface area (Å²) in [5, 5.41) is 15.3. The average Bonchev–Trinajstić information content (AvgIpc) is 3.07. The summed E-state index contributed by atoms with van der Waals surface area (Å²) in [6.07, 6.45) is 2.27. The lowest BCUT2D eigenvalue weighted by Gasteiger charge is -2.21. The van der Waals surface area contributed by atoms with Crippen molar-refractivity contribution in [1.29, 1.82) is 0 Å². The molecule has 2 aromatic carbocycles. The van der Waals surface area contributed by atoms with E-state index in [1.807, 2.05) is 0 Å². The molecule has 0 saturated heterocycles. The molecule has 3 rings (SSSR count). The van der Waals surface area contributed by atoms with Crippen LogP contribution >= 0.6 is 0 Å². The normalized spacial score (nSPS) is 17.1. The highest BCUT2D eigenvalue weighted by Crippen LogP contribution is 2.35. The second kappa shape index (κ2) is 7.44. The number of hydrazone groups is 1. The highest BCUT2D eigenvalue weighted by atomic mass is 32.2. The molecule has 1 N–H and O–H groups in total. The predicted octanol–water partition coefficient (Wildman–Crippen LogP) is 2.08. The Morgan fingerprint density at radius 3 is 2.31 bits per heavy atom. The Hall–Kier alpha value is -2.99. The minimum atomic E-state index is -3.72. The van der Waals surface area contributed by atoms with Crippen LogP contribution in [-0.4, -0.2) is 44.4 Å². The van der Waals surface area contributed by atoms with E-state index in [9.17, 15) is 26.9 Å². The molecular formula is C17H18N4O6S2. The number of sulfonamides is 2. The SMILES string of the molecule is CS(=O)(=O)Nc1ccc(C2=NN(S(C)(=O)=O)C(c3cccc([N+](=O)[O-])c3)C2)cc1. The van der Waals surface area contributed by atoms with Gasteiger partial charge in [0, 0.05) is 24.2 Å². The van der Waals surface area contributed by atoms with Crippen LogP contribution in [0, 0.1) is 10.1 Å². The molecule has 0 bridgehead atoms. The van der Waals surface area contributed by atoms with Crippen molar-refractivity contribution in [2.24, 2.45) is 5.10 Å². The van der Waals surface area contributed by atoms with Crippen LogP contribution in [0.25, 0.3) is 0 Å². The minimum absolute atomic E-state index is 0.138. The van der Waals surface area contributed by atoms with E-state index in [1.165, 1.54) is 18.2 Å². The van der Waals surface area contributed by atoms with Gasteiger partial charge in [0.25, 0.3) is 5.69 Å². The van der Waals surface area contributed by atoms with Crippen molar-refractivity contribution in [3.63, 3.8) is 0 Å². The first-order valence-corrected chi connectivity index (χ1v) is 12.1. The molecular weight excluding hydrogens is 420 g/mol. The first-order valence-electron chi connectivity index (χ1n) is 8.33. The van der Waals surface area contributed by atoms with Crippen LogP contribution < -0.4 is 4.72 Å². The lowest BCUT2D eigenvalue weighted by Crippen LogP contribution is -2.25. The molecule has 29 heavy (non-hydrogen) atoms. The molecule has 154 valence electrons. The molecule has 1 aliphatic heterocycles. The number of nitrogens with zero attached hydrogens (tertiary/aromatic N) is 3. The number of nitrogens with one attached hydrogen (secondary N) is 1. The number of nitro groups is 1. The summed E-state index contributed by atoms with van der Waals surface area (Å²) < 4.78 is 50.4. The van der Waals surface area contributed by atoms with Gasteiger partial charge in [-0.3, -0.25) is 14.8 Å². The largest absolute Gasteiger partial charge is 0.284 e. The van der Waals surface area contributed by atoms with Crippen LogP contribution in [0.5, 0.6) is 0 Å². The fourth-order valence-corrected chi connectivity index (χ4v) is 4.48. The topological polar surface area (TPSA) is 139 Å². The Labute approximate surface area is 168 Å². The zero-order valence-electron chi connectivity index (χ0n) is 15.5. The fraction of sp³-hybridized carbons (Fsp3) is 0.235. The maximum atomic E-state index is 12.2. The summed E-state index contributed by atoms with van der Waals surface area (Å²) in [6.45, 7) is 0. The summed E-state index contributed by atoms with van der Waals surface area (Å²) in [7, 11) is -7.14. The maximum absolute atomic E-state index is 12.2. The van der Waals surface area contributed by atoms with Crippen LogP contribution in [0.4, 0.5) is 11.4 Å². The van der Waals surface area contributed by atoms with Crippen LogP contribution in [0.15, 0.2) is 53.6 Å². The molecule has 0 aromatic heterocycles. The molecule has 12 heteroatoms. The van der Waals surface area contributed by atoms with Gasteiger partial charge in [0.05, 0.1) is 29.2 Å². The Kier molecular flexibility index (Phi) is 5.32. The smallest absolute Gasteiger partial charge is 0.269 e. The number of anilines is 1. The highest BCUT2D eigenvalue weighted by Gasteiger charge is 2.35. The molecule has 0 spiro atoms. The van der Waals surface area contributed by atoms with Gasteiger partial charge in [0.15, 0.2) is 0 Å². The summed E-state index contributed by atoms with van der Waals surface area (Å²) in [5.41, 5.74) is 1.77. The minimum Gasteiger partial charge on any atom is -0.284 e. The third kappa shape index (κ3) is 4.90. The number of non-ortho nitro benzene ring substituents is 1. The van der Waals surface area contributed by atoms with E-state index in [-0.39, 0.29) is 12.1 Å². The molecule has 1 heterocycles. The molecule has 0 aliphatic carbocycles. The van der Waals surface area contributed by atoms with E-state index < -0.39 is 31.0 Å². The van der Waals surface area contributed by atoms with Crippen LogP contribution in [-0.2, 0) is 20.0 Å². The number of hydrogen-bond acceptors (Lipinski definition) is 7. The van der Waals surface area contributed by atoms with Crippen molar-refractivity contribution in [3.05, 3.63) is 69.8 Å². The van der Waals surface area contributed by atoms with Gasteiger partial charge in [0.2, 0.25) is 20.0 Å². The van der Waals surface area contributed by atoms with Gasteiger partial charge in [0.1, 0.15) is 0 Å². The highest BCUT2D eigenvalue weighted by molar-refractivity contribution is 7.92. The maximum Gasteiger partial charge on any atom is 0.269 e. The number of nitro benzene ring substituents is 1. The van der Waals surface area contributed by atoms with Gasteiger partial charge < -0.3 is 0 Å². The third-order valence-electron chi connectivity index (χ3n) is 4.20. The molecule has 0 saturated carbocycles. The zero-order valence-corrected chi connectivity index (χ0v) is 17.1. The zero-order chi connectivity index (χ0) is 21.4. The number of rotatable bonds is 6. The van der Waals surface area contributed by atoms with Gasteiger partial charge >= 0.3 is 0 Å². The monoisotopic (exact) mass is 438 g/mol. The Morgan fingerprint density at radius 2 is 1.76 bits per heavy atom. The first kappa shape index (κ1) is 20.7. The second-order valence-electron chi connectivity index (χ2n) is 6.61. The van der Waals surface area contributed by atoms with E-state index in [2.05, 4.69) is 9.82 Å². The summed E-state index contributed by atoms with van der Waals surface area (Å²) >= 11 is 0. The van der Waals surface area contributed by atoms with Crippen molar-refractivity contribution in [2.75, 3.05) is 17.2 Å². The molecule has 0 amide bonds. The fourth-order valence-electron chi connectivity index (χ4n) is 3.01. The van der Waals surface area contributed by atoms with E-state index in [4.69, 9.17) is 0 Å². The molecule has 0 fully saturated rings. The molecule has 10 nitrogen and oxygen atoms in total. The van der Waals surface area contributed by atoms with Crippen LogP contribution in [0.2, 0.25) is 0 Å². The van der Waals surface area contributed by atoms with Gasteiger partial charge in [-0.1, -0.05) is 24.3 Å². The van der Waals surface area contributed by atoms with Crippen molar-refractivity contribution >= 4 is 37.1 Å². The lowest BCUT2D eigenvalue weighted by molar-refractivity contribution is -0.384. The van der Waals surface area contributed by atoms with Gasteiger partial charge in [-0.25, -0.2) is 16.8 Å². The van der Waals surface area contributed by atoms with Crippen LogP contribution in [0.3, 0.4) is 0 Å². The van der Waals surface area contributed by atoms with E-state index in [0.29, 0.717) is 22.5 Å². The van der Waals surface area contributed by atoms with E-state index in [1.54, 1.807) is 30.3 Å². The van der Waals surface area contributed by atoms with Crippen molar-refractivity contribution in [3.8, 4) is 0 Å². The molecule has 2 aromatic rings. The summed E-state index contributed by atoms with van der Waals surface area (Å²) in [6, 6.07) is 11.4. The first-order chi connectivity index (χ1) is 13.4. The lowest BCUT2D eigenvalue weighted by atomic mass is 9.99. The van der Waals surface area contributed by atoms with Gasteiger partial charge in [-0.05, 0) is 23.3 Å². The van der Waals surface area contributed by atoms with Crippen LogP contribution in [0.1, 0.15) is 23.6 Å². The third-order valence-corrected chi connectivity index (χ3v) is 5.82. The molecule has 0 radical (unpaired) electrons. The van der Waals surface area contributed by atoms with E-state index >= 15 is 0 Å². The second-order valence-corrected chi connectivity index (χ2v) is 10.2. The van der Waals surface area contributed by atoms with Crippen molar-refractivity contribution in [1.82, 2.24) is 4.41 Å². The number of hydrogen-bond donors (Lipinski definition) is 1. The Morgan fingerprint density at radius 1 is 1.10 bits per heavy atom. The molecule has 1 atom stereocenters. The average molecular weight is 438 g/mol. The Balaban J connectivity index is 1.94. The standard InChI is InChI=1S/C17H18N4O6S2/c1-28(24,25)19-14-8-6-12(7-9-14)16-11-17(20(18-16)29(2,26)27)13-4-3-5-15(10-13)21(22)23/h3-10,17,19H,11H2,1-2H3.